The smallest absolute Gasteiger partial charge is 0.243 e. The monoisotopic (exact) mass is 284 g/mol. The number of aliphatic hydroxyl groups is 1. The van der Waals surface area contributed by atoms with E-state index in [-0.39, 0.29) is 4.90 Å². The van der Waals surface area contributed by atoms with E-state index >= 15 is 0 Å². The molecule has 0 spiro atoms. The Bertz CT molecular complexity index is 551. The molecule has 1 aromatic carbocycles. The largest absolute Gasteiger partial charge is 0.390 e. The average molecular weight is 284 g/mol. The fourth-order valence-corrected chi connectivity index (χ4v) is 4.02. The van der Waals surface area contributed by atoms with Crippen LogP contribution >= 0.6 is 0 Å². The van der Waals surface area contributed by atoms with Crippen LogP contribution in [0.15, 0.2) is 23.1 Å². The van der Waals surface area contributed by atoms with Gasteiger partial charge in [-0.2, -0.15) is 4.31 Å². The standard InChI is InChI=1S/C13H20N2O3S/c1-9-4-10(2)6-11(5-9)19(17,18)15(3)12-7-14-8-13(12)16/h4-6,12-14,16H,7-8H2,1-3H3/t12-,13-/m1/s1. The maximum Gasteiger partial charge on any atom is 0.243 e. The van der Waals surface area contributed by atoms with E-state index < -0.39 is 22.2 Å². The van der Waals surface area contributed by atoms with E-state index in [1.165, 1.54) is 11.4 Å². The van der Waals surface area contributed by atoms with Crippen LogP contribution in [0.25, 0.3) is 0 Å². The van der Waals surface area contributed by atoms with Gasteiger partial charge in [0.25, 0.3) is 0 Å². The molecular weight excluding hydrogens is 264 g/mol. The molecule has 2 rings (SSSR count). The maximum atomic E-state index is 12.6. The van der Waals surface area contributed by atoms with Crippen LogP contribution in [-0.4, -0.2) is 50.1 Å². The molecular formula is C13H20N2O3S. The van der Waals surface area contributed by atoms with Crippen LogP contribution in [0.2, 0.25) is 0 Å². The van der Waals surface area contributed by atoms with Crippen molar-refractivity contribution >= 4 is 10.0 Å². The summed E-state index contributed by atoms with van der Waals surface area (Å²) in [7, 11) is -2.05. The van der Waals surface area contributed by atoms with E-state index in [2.05, 4.69) is 5.32 Å². The minimum absolute atomic E-state index is 0.284. The molecule has 0 aromatic heterocycles. The topological polar surface area (TPSA) is 69.6 Å². The number of rotatable bonds is 3. The number of sulfonamides is 1. The quantitative estimate of drug-likeness (QED) is 0.835. The van der Waals surface area contributed by atoms with E-state index in [4.69, 9.17) is 0 Å². The number of likely N-dealkylation sites (N-methyl/N-ethyl adjacent to an activating group) is 1. The van der Waals surface area contributed by atoms with Gasteiger partial charge in [0.2, 0.25) is 10.0 Å². The van der Waals surface area contributed by atoms with Gasteiger partial charge in [-0.25, -0.2) is 8.42 Å². The van der Waals surface area contributed by atoms with Crippen LogP contribution in [0.5, 0.6) is 0 Å². The lowest BCUT2D eigenvalue weighted by atomic mass is 10.2. The molecule has 6 heteroatoms. The van der Waals surface area contributed by atoms with Gasteiger partial charge in [-0.05, 0) is 37.1 Å². The van der Waals surface area contributed by atoms with Gasteiger partial charge >= 0.3 is 0 Å². The fourth-order valence-electron chi connectivity index (χ4n) is 2.45. The molecule has 2 N–H and O–H groups in total. The minimum Gasteiger partial charge on any atom is -0.390 e. The highest BCUT2D eigenvalue weighted by molar-refractivity contribution is 7.89. The zero-order chi connectivity index (χ0) is 14.2. The molecule has 1 aliphatic heterocycles. The first-order chi connectivity index (χ1) is 8.82. The number of β-amino-alcohol motifs (C(OH)–C–C–N with tert-alkyl or cyclic N) is 1. The van der Waals surface area contributed by atoms with Gasteiger partial charge < -0.3 is 10.4 Å². The number of aliphatic hydroxyl groups excluding tert-OH is 1. The first kappa shape index (κ1) is 14.5. The maximum absolute atomic E-state index is 12.6. The van der Waals surface area contributed by atoms with E-state index in [9.17, 15) is 13.5 Å². The molecule has 1 aliphatic rings. The Labute approximate surface area is 114 Å². The summed E-state index contributed by atoms with van der Waals surface area (Å²) in [5.41, 5.74) is 1.83. The van der Waals surface area contributed by atoms with Crippen LogP contribution in [0.3, 0.4) is 0 Å². The minimum atomic E-state index is -3.57. The van der Waals surface area contributed by atoms with Crippen molar-refractivity contribution in [3.63, 3.8) is 0 Å². The average Bonchev–Trinajstić information content (AvgIpc) is 2.73. The van der Waals surface area contributed by atoms with Crippen molar-refractivity contribution in [2.45, 2.75) is 30.9 Å². The molecule has 19 heavy (non-hydrogen) atoms. The van der Waals surface area contributed by atoms with Crippen molar-refractivity contribution in [2.75, 3.05) is 20.1 Å². The first-order valence-corrected chi connectivity index (χ1v) is 7.71. The van der Waals surface area contributed by atoms with E-state index in [1.54, 1.807) is 12.1 Å². The normalized spacial score (nSPS) is 24.1. The van der Waals surface area contributed by atoms with Gasteiger partial charge in [0.15, 0.2) is 0 Å². The number of hydrogen-bond acceptors (Lipinski definition) is 4. The molecule has 0 amide bonds. The van der Waals surface area contributed by atoms with Crippen LogP contribution in [0.4, 0.5) is 0 Å². The lowest BCUT2D eigenvalue weighted by Gasteiger charge is -2.26. The molecule has 0 saturated carbocycles. The molecule has 1 heterocycles. The summed E-state index contributed by atoms with van der Waals surface area (Å²) in [4.78, 5) is 0.284. The predicted molar refractivity (Wildman–Crippen MR) is 73.5 cm³/mol. The molecule has 1 saturated heterocycles. The summed E-state index contributed by atoms with van der Waals surface area (Å²) < 4.78 is 26.4. The number of hydrogen-bond donors (Lipinski definition) is 2. The first-order valence-electron chi connectivity index (χ1n) is 6.27. The Morgan fingerprint density at radius 2 is 1.79 bits per heavy atom. The van der Waals surface area contributed by atoms with Crippen molar-refractivity contribution in [3.05, 3.63) is 29.3 Å². The SMILES string of the molecule is Cc1cc(C)cc(S(=O)(=O)N(C)[C@@H]2CNC[C@H]2O)c1. The number of aryl methyl sites for hydroxylation is 2. The summed E-state index contributed by atoms with van der Waals surface area (Å²) in [5, 5.41) is 12.8. The zero-order valence-electron chi connectivity index (χ0n) is 11.4. The third-order valence-corrected chi connectivity index (χ3v) is 5.35. The Hall–Kier alpha value is -0.950. The van der Waals surface area contributed by atoms with Crippen LogP contribution in [-0.2, 0) is 10.0 Å². The second-order valence-electron chi connectivity index (χ2n) is 5.14. The summed E-state index contributed by atoms with van der Waals surface area (Å²) in [5.74, 6) is 0. The molecule has 2 atom stereocenters. The molecule has 0 aliphatic carbocycles. The summed E-state index contributed by atoms with van der Waals surface area (Å²) in [6.07, 6.45) is -0.661. The molecule has 1 aromatic rings. The van der Waals surface area contributed by atoms with Crippen LogP contribution in [0.1, 0.15) is 11.1 Å². The second-order valence-corrected chi connectivity index (χ2v) is 7.14. The van der Waals surface area contributed by atoms with Gasteiger partial charge in [-0.1, -0.05) is 6.07 Å². The van der Waals surface area contributed by atoms with Gasteiger partial charge in [0.05, 0.1) is 17.0 Å². The molecule has 5 nitrogen and oxygen atoms in total. The molecule has 1 fully saturated rings. The van der Waals surface area contributed by atoms with Crippen LogP contribution in [0, 0.1) is 13.8 Å². The van der Waals surface area contributed by atoms with E-state index in [1.807, 2.05) is 19.9 Å². The Balaban J connectivity index is 2.36. The van der Waals surface area contributed by atoms with Crippen LogP contribution < -0.4 is 5.32 Å². The summed E-state index contributed by atoms with van der Waals surface area (Å²) in [6.45, 7) is 4.65. The summed E-state index contributed by atoms with van der Waals surface area (Å²) in [6, 6.07) is 4.84. The number of nitrogens with one attached hydrogen (secondary N) is 1. The van der Waals surface area contributed by atoms with Gasteiger partial charge in [-0.3, -0.25) is 0 Å². The van der Waals surface area contributed by atoms with Gasteiger partial charge in [-0.15, -0.1) is 0 Å². The van der Waals surface area contributed by atoms with E-state index in [0.717, 1.165) is 11.1 Å². The Morgan fingerprint density at radius 1 is 1.21 bits per heavy atom. The lowest BCUT2D eigenvalue weighted by Crippen LogP contribution is -2.44. The highest BCUT2D eigenvalue weighted by atomic mass is 32.2. The lowest BCUT2D eigenvalue weighted by molar-refractivity contribution is 0.136. The summed E-state index contributed by atoms with van der Waals surface area (Å²) >= 11 is 0. The third-order valence-electron chi connectivity index (χ3n) is 3.49. The second kappa shape index (κ2) is 5.20. The number of benzene rings is 1. The van der Waals surface area contributed by atoms with Crippen molar-refractivity contribution in [2.24, 2.45) is 0 Å². The Kier molecular flexibility index (Phi) is 3.96. The van der Waals surface area contributed by atoms with E-state index in [0.29, 0.717) is 13.1 Å². The van der Waals surface area contributed by atoms with Crippen molar-refractivity contribution in [3.8, 4) is 0 Å². The Morgan fingerprint density at radius 3 is 2.26 bits per heavy atom. The highest BCUT2D eigenvalue weighted by Crippen LogP contribution is 2.21. The predicted octanol–water partition coefficient (Wildman–Crippen LogP) is 0.257. The zero-order valence-corrected chi connectivity index (χ0v) is 12.2. The molecule has 0 bridgehead atoms. The number of nitrogens with zero attached hydrogens (tertiary/aromatic N) is 1. The van der Waals surface area contributed by atoms with Crippen molar-refractivity contribution in [1.29, 1.82) is 0 Å². The molecule has 0 unspecified atom stereocenters. The van der Waals surface area contributed by atoms with Crippen molar-refractivity contribution in [1.82, 2.24) is 9.62 Å². The fraction of sp³-hybridized carbons (Fsp3) is 0.538. The third kappa shape index (κ3) is 2.81. The van der Waals surface area contributed by atoms with Gasteiger partial charge in [0.1, 0.15) is 0 Å². The van der Waals surface area contributed by atoms with Crippen molar-refractivity contribution < 1.29 is 13.5 Å². The molecule has 0 radical (unpaired) electrons. The van der Waals surface area contributed by atoms with Gasteiger partial charge in [0, 0.05) is 20.1 Å². The highest BCUT2D eigenvalue weighted by Gasteiger charge is 2.35. The molecule has 106 valence electrons.